The number of halogens is 1. The maximum Gasteiger partial charge on any atom is 0.240 e. The molecule has 1 aromatic heterocycles. The molecule has 0 saturated heterocycles. The first-order chi connectivity index (χ1) is 7.22. The lowest BCUT2D eigenvalue weighted by Crippen LogP contribution is -2.30. The molecular formula is C9H16ClN3O2S. The lowest BCUT2D eigenvalue weighted by atomic mass is 10.5. The first-order valence-electron chi connectivity index (χ1n) is 4.64. The van der Waals surface area contributed by atoms with E-state index >= 15 is 0 Å². The van der Waals surface area contributed by atoms with Crippen LogP contribution in [0.3, 0.4) is 0 Å². The van der Waals surface area contributed by atoms with Gasteiger partial charge in [0.1, 0.15) is 0 Å². The second-order valence-corrected chi connectivity index (χ2v) is 4.23. The van der Waals surface area contributed by atoms with E-state index in [-0.39, 0.29) is 24.9 Å². The minimum Gasteiger partial charge on any atom is -0.383 e. The minimum atomic E-state index is -0.0829. The van der Waals surface area contributed by atoms with E-state index in [0.717, 1.165) is 4.88 Å². The van der Waals surface area contributed by atoms with Gasteiger partial charge in [0.25, 0.3) is 0 Å². The van der Waals surface area contributed by atoms with Crippen LogP contribution >= 0.6 is 23.7 Å². The third-order valence-electron chi connectivity index (χ3n) is 1.64. The van der Waals surface area contributed by atoms with E-state index in [1.165, 1.54) is 11.3 Å². The van der Waals surface area contributed by atoms with E-state index in [0.29, 0.717) is 18.3 Å². The highest BCUT2D eigenvalue weighted by Crippen LogP contribution is 2.15. The molecule has 0 aliphatic heterocycles. The van der Waals surface area contributed by atoms with Crippen LogP contribution in [0.15, 0.2) is 6.20 Å². The van der Waals surface area contributed by atoms with E-state index in [4.69, 9.17) is 4.74 Å². The van der Waals surface area contributed by atoms with Crippen molar-refractivity contribution in [2.24, 2.45) is 0 Å². The third-order valence-corrected chi connectivity index (χ3v) is 2.46. The van der Waals surface area contributed by atoms with Crippen molar-refractivity contribution in [2.45, 2.75) is 6.92 Å². The van der Waals surface area contributed by atoms with Crippen LogP contribution in [0.1, 0.15) is 4.88 Å². The van der Waals surface area contributed by atoms with Crippen LogP contribution in [0.5, 0.6) is 0 Å². The van der Waals surface area contributed by atoms with Crippen molar-refractivity contribution in [2.75, 3.05) is 32.1 Å². The van der Waals surface area contributed by atoms with Gasteiger partial charge in [0, 0.05) is 24.7 Å². The summed E-state index contributed by atoms with van der Waals surface area (Å²) in [5.41, 5.74) is 0. The average Bonchev–Trinajstić information content (AvgIpc) is 2.59. The van der Waals surface area contributed by atoms with Crippen molar-refractivity contribution < 1.29 is 9.53 Å². The van der Waals surface area contributed by atoms with Gasteiger partial charge in [0.2, 0.25) is 5.91 Å². The molecule has 16 heavy (non-hydrogen) atoms. The lowest BCUT2D eigenvalue weighted by molar-refractivity contribution is -0.115. The molecule has 7 heteroatoms. The second kappa shape index (κ2) is 8.46. The summed E-state index contributed by atoms with van der Waals surface area (Å²) in [5, 5.41) is 6.30. The van der Waals surface area contributed by atoms with Gasteiger partial charge in [-0.05, 0) is 6.92 Å². The topological polar surface area (TPSA) is 63.2 Å². The van der Waals surface area contributed by atoms with Crippen LogP contribution < -0.4 is 10.6 Å². The van der Waals surface area contributed by atoms with Crippen molar-refractivity contribution in [3.05, 3.63) is 11.1 Å². The standard InChI is InChI=1S/C9H15N3O2S.ClH/c1-7-5-11-9(15-7)12-8(13)6-10-3-4-14-2;/h5,10H,3-4,6H2,1-2H3,(H,11,12,13);1H. The van der Waals surface area contributed by atoms with Gasteiger partial charge in [-0.3, -0.25) is 4.79 Å². The molecule has 1 aromatic rings. The SMILES string of the molecule is COCCNCC(=O)Nc1ncc(C)s1.Cl. The van der Waals surface area contributed by atoms with Gasteiger partial charge in [0.15, 0.2) is 5.13 Å². The molecule has 0 fully saturated rings. The molecule has 0 radical (unpaired) electrons. The Bertz CT molecular complexity index is 319. The molecule has 2 N–H and O–H groups in total. The predicted molar refractivity (Wildman–Crippen MR) is 67.5 cm³/mol. The fraction of sp³-hybridized carbons (Fsp3) is 0.556. The molecule has 0 unspecified atom stereocenters. The molecule has 1 heterocycles. The Morgan fingerprint density at radius 1 is 1.62 bits per heavy atom. The molecule has 92 valence electrons. The first kappa shape index (κ1) is 15.3. The minimum absolute atomic E-state index is 0. The molecule has 0 aliphatic rings. The Morgan fingerprint density at radius 3 is 2.94 bits per heavy atom. The van der Waals surface area contributed by atoms with Crippen LogP contribution in [0, 0.1) is 6.92 Å². The van der Waals surface area contributed by atoms with Crippen LogP contribution in [0.2, 0.25) is 0 Å². The maximum atomic E-state index is 11.3. The van der Waals surface area contributed by atoms with E-state index in [1.54, 1.807) is 13.3 Å². The Hall–Kier alpha value is -0.690. The van der Waals surface area contributed by atoms with Gasteiger partial charge in [-0.1, -0.05) is 0 Å². The van der Waals surface area contributed by atoms with Crippen molar-refractivity contribution in [1.29, 1.82) is 0 Å². The van der Waals surface area contributed by atoms with Gasteiger partial charge in [-0.2, -0.15) is 0 Å². The molecule has 0 aromatic carbocycles. The third kappa shape index (κ3) is 6.02. The zero-order chi connectivity index (χ0) is 11.1. The Balaban J connectivity index is 0.00000225. The summed E-state index contributed by atoms with van der Waals surface area (Å²) in [5.74, 6) is -0.0829. The average molecular weight is 266 g/mol. The lowest BCUT2D eigenvalue weighted by Gasteiger charge is -2.03. The highest BCUT2D eigenvalue weighted by Gasteiger charge is 2.03. The Morgan fingerprint density at radius 2 is 2.38 bits per heavy atom. The van der Waals surface area contributed by atoms with Gasteiger partial charge < -0.3 is 15.4 Å². The number of carbonyl (C=O) groups is 1. The number of thiazole rings is 1. The first-order valence-corrected chi connectivity index (χ1v) is 5.46. The fourth-order valence-electron chi connectivity index (χ4n) is 0.952. The zero-order valence-electron chi connectivity index (χ0n) is 9.28. The molecule has 1 rings (SSSR count). The molecule has 0 saturated carbocycles. The quantitative estimate of drug-likeness (QED) is 0.755. The van der Waals surface area contributed by atoms with Crippen LogP contribution in [0.25, 0.3) is 0 Å². The number of aryl methyl sites for hydroxylation is 1. The largest absolute Gasteiger partial charge is 0.383 e. The molecule has 0 spiro atoms. The summed E-state index contributed by atoms with van der Waals surface area (Å²) in [7, 11) is 1.63. The smallest absolute Gasteiger partial charge is 0.240 e. The van der Waals surface area contributed by atoms with Crippen LogP contribution in [0.4, 0.5) is 5.13 Å². The number of rotatable bonds is 6. The molecule has 1 amide bonds. The van der Waals surface area contributed by atoms with E-state index < -0.39 is 0 Å². The number of amides is 1. The number of nitrogens with one attached hydrogen (secondary N) is 2. The van der Waals surface area contributed by atoms with Crippen LogP contribution in [-0.2, 0) is 9.53 Å². The number of hydrogen-bond acceptors (Lipinski definition) is 5. The number of anilines is 1. The maximum absolute atomic E-state index is 11.3. The monoisotopic (exact) mass is 265 g/mol. The molecule has 0 bridgehead atoms. The van der Waals surface area contributed by atoms with Crippen molar-refractivity contribution in [3.8, 4) is 0 Å². The Labute approximate surface area is 105 Å². The van der Waals surface area contributed by atoms with Crippen molar-refractivity contribution >= 4 is 34.8 Å². The van der Waals surface area contributed by atoms with Crippen LogP contribution in [-0.4, -0.2) is 37.7 Å². The van der Waals surface area contributed by atoms with Gasteiger partial charge in [-0.15, -0.1) is 23.7 Å². The van der Waals surface area contributed by atoms with E-state index in [9.17, 15) is 4.79 Å². The summed E-state index contributed by atoms with van der Waals surface area (Å²) < 4.78 is 4.84. The summed E-state index contributed by atoms with van der Waals surface area (Å²) in [6, 6.07) is 0. The van der Waals surface area contributed by atoms with Crippen molar-refractivity contribution in [3.63, 3.8) is 0 Å². The highest BCUT2D eigenvalue weighted by atomic mass is 35.5. The molecule has 0 aliphatic carbocycles. The highest BCUT2D eigenvalue weighted by molar-refractivity contribution is 7.15. The second-order valence-electron chi connectivity index (χ2n) is 2.99. The van der Waals surface area contributed by atoms with E-state index in [1.807, 2.05) is 6.92 Å². The molecule has 0 atom stereocenters. The Kier molecular flexibility index (Phi) is 8.10. The normalized spacial score (nSPS) is 9.62. The molecule has 5 nitrogen and oxygen atoms in total. The number of aromatic nitrogens is 1. The summed E-state index contributed by atoms with van der Waals surface area (Å²) in [6.07, 6.45) is 1.73. The number of hydrogen-bond donors (Lipinski definition) is 2. The summed E-state index contributed by atoms with van der Waals surface area (Å²) >= 11 is 1.46. The number of carbonyl (C=O) groups excluding carboxylic acids is 1. The van der Waals surface area contributed by atoms with Gasteiger partial charge in [-0.25, -0.2) is 4.98 Å². The summed E-state index contributed by atoms with van der Waals surface area (Å²) in [6.45, 7) is 3.50. The predicted octanol–water partition coefficient (Wildman–Crippen LogP) is 1.05. The summed E-state index contributed by atoms with van der Waals surface area (Å²) in [4.78, 5) is 16.5. The molecular weight excluding hydrogens is 250 g/mol. The van der Waals surface area contributed by atoms with Gasteiger partial charge >= 0.3 is 0 Å². The fourth-order valence-corrected chi connectivity index (χ4v) is 1.63. The van der Waals surface area contributed by atoms with Crippen molar-refractivity contribution in [1.82, 2.24) is 10.3 Å². The number of methoxy groups -OCH3 is 1. The number of ether oxygens (including phenoxy) is 1. The van der Waals surface area contributed by atoms with Gasteiger partial charge in [0.05, 0.1) is 13.2 Å². The zero-order valence-corrected chi connectivity index (χ0v) is 10.9. The van der Waals surface area contributed by atoms with E-state index in [2.05, 4.69) is 15.6 Å². The number of nitrogens with zero attached hydrogens (tertiary/aromatic N) is 1.